The maximum Gasteiger partial charge on any atom is 0.271 e. The number of aromatic amines is 1. The minimum atomic E-state index is -0.276. The van der Waals surface area contributed by atoms with Gasteiger partial charge in [-0.1, -0.05) is 18.0 Å². The molecule has 1 aromatic rings. The average Bonchev–Trinajstić information content (AvgIpc) is 2.15. The van der Waals surface area contributed by atoms with E-state index in [0.29, 0.717) is 5.82 Å². The summed E-state index contributed by atoms with van der Waals surface area (Å²) in [4.78, 5) is 19.8. The molecule has 1 aliphatic carbocycles. The molecule has 0 saturated heterocycles. The van der Waals surface area contributed by atoms with E-state index in [1.807, 2.05) is 11.9 Å². The van der Waals surface area contributed by atoms with Crippen LogP contribution in [0, 0.1) is 5.92 Å². The Morgan fingerprint density at radius 1 is 1.67 bits per heavy atom. The molecule has 0 amide bonds. The molecule has 1 heterocycles. The van der Waals surface area contributed by atoms with Gasteiger partial charge in [0, 0.05) is 13.6 Å². The fraction of sp³-hybridized carbons (Fsp3) is 0.600. The normalized spacial score (nSPS) is 16.1. The van der Waals surface area contributed by atoms with Crippen molar-refractivity contribution in [3.63, 3.8) is 0 Å². The van der Waals surface area contributed by atoms with Crippen LogP contribution in [0.4, 0.5) is 5.82 Å². The molecule has 4 nitrogen and oxygen atoms in total. The first-order chi connectivity index (χ1) is 7.18. The number of halogens is 1. The number of nitrogens with zero attached hydrogens (tertiary/aromatic N) is 2. The molecule has 82 valence electrons. The van der Waals surface area contributed by atoms with Crippen LogP contribution >= 0.6 is 11.6 Å². The standard InChI is InChI=1S/C10H14ClN3O/c1-14(5-7-3-2-4-7)9-8(11)10(15)13-6-12-9/h6-7H,2-5H2,1H3,(H,12,13,15). The van der Waals surface area contributed by atoms with Gasteiger partial charge >= 0.3 is 0 Å². The molecule has 1 saturated carbocycles. The first-order valence-corrected chi connectivity index (χ1v) is 5.50. The fourth-order valence-corrected chi connectivity index (χ4v) is 2.04. The van der Waals surface area contributed by atoms with Gasteiger partial charge in [-0.15, -0.1) is 0 Å². The van der Waals surface area contributed by atoms with Gasteiger partial charge in [-0.25, -0.2) is 4.98 Å². The van der Waals surface area contributed by atoms with Crippen molar-refractivity contribution in [3.8, 4) is 0 Å². The fourth-order valence-electron chi connectivity index (χ4n) is 1.79. The first kappa shape index (κ1) is 10.5. The molecule has 0 atom stereocenters. The predicted octanol–water partition coefficient (Wildman–Crippen LogP) is 1.66. The smallest absolute Gasteiger partial charge is 0.271 e. The van der Waals surface area contributed by atoms with Gasteiger partial charge in [0.25, 0.3) is 5.56 Å². The average molecular weight is 228 g/mol. The lowest BCUT2D eigenvalue weighted by atomic mass is 9.85. The Bertz CT molecular complexity index is 400. The number of H-pyrrole nitrogens is 1. The van der Waals surface area contributed by atoms with E-state index in [4.69, 9.17) is 11.6 Å². The molecule has 15 heavy (non-hydrogen) atoms. The van der Waals surface area contributed by atoms with E-state index in [1.54, 1.807) is 0 Å². The van der Waals surface area contributed by atoms with Crippen LogP contribution in [0.3, 0.4) is 0 Å². The number of hydrogen-bond donors (Lipinski definition) is 1. The molecule has 0 aromatic carbocycles. The summed E-state index contributed by atoms with van der Waals surface area (Å²) in [5.74, 6) is 1.31. The van der Waals surface area contributed by atoms with Crippen LogP contribution in [0.5, 0.6) is 0 Å². The Balaban J connectivity index is 2.13. The molecule has 0 radical (unpaired) electrons. The molecule has 5 heteroatoms. The molecule has 0 spiro atoms. The summed E-state index contributed by atoms with van der Waals surface area (Å²) in [6, 6.07) is 0. The zero-order chi connectivity index (χ0) is 10.8. The van der Waals surface area contributed by atoms with E-state index >= 15 is 0 Å². The van der Waals surface area contributed by atoms with Gasteiger partial charge in [0.15, 0.2) is 5.82 Å². The van der Waals surface area contributed by atoms with Crippen LogP contribution in [0.2, 0.25) is 5.02 Å². The second-order valence-corrected chi connectivity index (χ2v) is 4.42. The Hall–Kier alpha value is -1.03. The van der Waals surface area contributed by atoms with Crippen LogP contribution < -0.4 is 10.5 Å². The second kappa shape index (κ2) is 4.23. The lowest BCUT2D eigenvalue weighted by molar-refractivity contribution is 0.321. The summed E-state index contributed by atoms with van der Waals surface area (Å²) in [5.41, 5.74) is -0.276. The Labute approximate surface area is 93.3 Å². The molecule has 0 aliphatic heterocycles. The summed E-state index contributed by atoms with van der Waals surface area (Å²) >= 11 is 5.88. The third kappa shape index (κ3) is 2.15. The molecular formula is C10H14ClN3O. The van der Waals surface area contributed by atoms with Gasteiger partial charge in [0.2, 0.25) is 0 Å². The highest BCUT2D eigenvalue weighted by atomic mass is 35.5. The Morgan fingerprint density at radius 3 is 3.00 bits per heavy atom. The SMILES string of the molecule is CN(CC1CCC1)c1nc[nH]c(=O)c1Cl. The topological polar surface area (TPSA) is 49.0 Å². The van der Waals surface area contributed by atoms with Gasteiger partial charge in [-0.2, -0.15) is 0 Å². The van der Waals surface area contributed by atoms with E-state index < -0.39 is 0 Å². The zero-order valence-electron chi connectivity index (χ0n) is 8.66. The number of nitrogens with one attached hydrogen (secondary N) is 1. The van der Waals surface area contributed by atoms with Crippen LogP contribution in [0.1, 0.15) is 19.3 Å². The van der Waals surface area contributed by atoms with Crippen LogP contribution in [0.15, 0.2) is 11.1 Å². The van der Waals surface area contributed by atoms with Crippen molar-refractivity contribution in [1.82, 2.24) is 9.97 Å². The lowest BCUT2D eigenvalue weighted by Gasteiger charge is -2.30. The summed E-state index contributed by atoms with van der Waals surface area (Å²) in [6.45, 7) is 0.927. The van der Waals surface area contributed by atoms with Gasteiger partial charge in [0.1, 0.15) is 5.02 Å². The van der Waals surface area contributed by atoms with Crippen molar-refractivity contribution in [2.24, 2.45) is 5.92 Å². The Morgan fingerprint density at radius 2 is 2.40 bits per heavy atom. The number of rotatable bonds is 3. The van der Waals surface area contributed by atoms with E-state index in [-0.39, 0.29) is 10.6 Å². The van der Waals surface area contributed by atoms with E-state index in [9.17, 15) is 4.79 Å². The molecule has 1 aliphatic rings. The highest BCUT2D eigenvalue weighted by Crippen LogP contribution is 2.28. The molecule has 2 rings (SSSR count). The Kier molecular flexibility index (Phi) is 2.95. The quantitative estimate of drug-likeness (QED) is 0.855. The molecule has 0 bridgehead atoms. The maximum absolute atomic E-state index is 11.3. The summed E-state index contributed by atoms with van der Waals surface area (Å²) in [6.07, 6.45) is 5.24. The second-order valence-electron chi connectivity index (χ2n) is 4.05. The number of aromatic nitrogens is 2. The van der Waals surface area contributed by atoms with Crippen molar-refractivity contribution in [2.75, 3.05) is 18.5 Å². The van der Waals surface area contributed by atoms with Crippen LogP contribution in [-0.4, -0.2) is 23.6 Å². The highest BCUT2D eigenvalue weighted by molar-refractivity contribution is 6.32. The van der Waals surface area contributed by atoms with Crippen LogP contribution in [-0.2, 0) is 0 Å². The van der Waals surface area contributed by atoms with Gasteiger partial charge < -0.3 is 9.88 Å². The summed E-state index contributed by atoms with van der Waals surface area (Å²) < 4.78 is 0. The maximum atomic E-state index is 11.3. The van der Waals surface area contributed by atoms with Gasteiger partial charge in [-0.3, -0.25) is 4.79 Å². The highest BCUT2D eigenvalue weighted by Gasteiger charge is 2.21. The molecular weight excluding hydrogens is 214 g/mol. The third-order valence-electron chi connectivity index (χ3n) is 2.90. The first-order valence-electron chi connectivity index (χ1n) is 5.13. The third-order valence-corrected chi connectivity index (χ3v) is 3.24. The molecule has 1 N–H and O–H groups in total. The van der Waals surface area contributed by atoms with E-state index in [1.165, 1.54) is 25.6 Å². The molecule has 1 fully saturated rings. The van der Waals surface area contributed by atoms with Crippen molar-refractivity contribution in [1.29, 1.82) is 0 Å². The minimum absolute atomic E-state index is 0.180. The molecule has 1 aromatic heterocycles. The van der Waals surface area contributed by atoms with Gasteiger partial charge in [0.05, 0.1) is 6.33 Å². The van der Waals surface area contributed by atoms with E-state index in [2.05, 4.69) is 9.97 Å². The van der Waals surface area contributed by atoms with Crippen LogP contribution in [0.25, 0.3) is 0 Å². The molecule has 0 unspecified atom stereocenters. The summed E-state index contributed by atoms with van der Waals surface area (Å²) in [5, 5.41) is 0.180. The largest absolute Gasteiger partial charge is 0.358 e. The lowest BCUT2D eigenvalue weighted by Crippen LogP contribution is -2.31. The summed E-state index contributed by atoms with van der Waals surface area (Å²) in [7, 11) is 1.92. The number of anilines is 1. The van der Waals surface area contributed by atoms with Gasteiger partial charge in [-0.05, 0) is 18.8 Å². The van der Waals surface area contributed by atoms with Crippen molar-refractivity contribution in [3.05, 3.63) is 21.7 Å². The number of hydrogen-bond acceptors (Lipinski definition) is 3. The predicted molar refractivity (Wildman–Crippen MR) is 60.5 cm³/mol. The minimum Gasteiger partial charge on any atom is -0.358 e. The van der Waals surface area contributed by atoms with E-state index in [0.717, 1.165) is 12.5 Å². The van der Waals surface area contributed by atoms with Crippen molar-refractivity contribution in [2.45, 2.75) is 19.3 Å². The monoisotopic (exact) mass is 227 g/mol. The van der Waals surface area contributed by atoms with Crippen molar-refractivity contribution >= 4 is 17.4 Å². The zero-order valence-corrected chi connectivity index (χ0v) is 9.42. The van der Waals surface area contributed by atoms with Crippen molar-refractivity contribution < 1.29 is 0 Å².